The maximum atomic E-state index is 13.9. The maximum Gasteiger partial charge on any atom is 0.321 e. The van der Waals surface area contributed by atoms with Crippen molar-refractivity contribution in [1.82, 2.24) is 24.7 Å². The first-order chi connectivity index (χ1) is 26.5. The van der Waals surface area contributed by atoms with Crippen LogP contribution in [-0.4, -0.2) is 76.5 Å². The fourth-order valence-corrected chi connectivity index (χ4v) is 6.50. The number of aromatic nitrogens is 2. The number of rotatable bonds is 13. The number of alkyl halides is 2. The molecule has 0 saturated carbocycles. The highest BCUT2D eigenvalue weighted by atomic mass is 19.3. The van der Waals surface area contributed by atoms with Crippen molar-refractivity contribution in [3.05, 3.63) is 155 Å². The van der Waals surface area contributed by atoms with Crippen molar-refractivity contribution >= 4 is 6.03 Å². The SMILES string of the molecule is O=C1N(Cc2ncnc(OCc3ccccc3)c2OCc2ccccc2)CC(c2ccc(C#Cc3ccc(CN4CCOCC4)cc3)cc2)N1CC(F)F. The minimum atomic E-state index is -2.70. The number of ether oxygens (including phenoxy) is 3. The van der Waals surface area contributed by atoms with Gasteiger partial charge < -0.3 is 24.0 Å². The Morgan fingerprint density at radius 1 is 0.741 bits per heavy atom. The van der Waals surface area contributed by atoms with Gasteiger partial charge in [0.1, 0.15) is 25.2 Å². The van der Waals surface area contributed by atoms with E-state index in [4.69, 9.17) is 14.2 Å². The molecular weight excluding hydrogens is 689 g/mol. The smallest absolute Gasteiger partial charge is 0.321 e. The average molecular weight is 730 g/mol. The molecule has 0 aliphatic carbocycles. The molecule has 0 radical (unpaired) electrons. The Hall–Kier alpha value is -5.83. The molecule has 11 heteroatoms. The molecule has 5 aromatic rings. The summed E-state index contributed by atoms with van der Waals surface area (Å²) in [7, 11) is 0. The number of hydrogen-bond donors (Lipinski definition) is 0. The van der Waals surface area contributed by atoms with Gasteiger partial charge >= 0.3 is 6.03 Å². The second-order valence-electron chi connectivity index (χ2n) is 13.2. The van der Waals surface area contributed by atoms with Crippen molar-refractivity contribution in [3.63, 3.8) is 0 Å². The lowest BCUT2D eigenvalue weighted by Gasteiger charge is -2.26. The quantitative estimate of drug-likeness (QED) is 0.120. The van der Waals surface area contributed by atoms with Gasteiger partial charge in [-0.2, -0.15) is 4.98 Å². The lowest BCUT2D eigenvalue weighted by molar-refractivity contribution is 0.0342. The third kappa shape index (κ3) is 9.58. The highest BCUT2D eigenvalue weighted by molar-refractivity contribution is 5.77. The van der Waals surface area contributed by atoms with E-state index in [1.165, 1.54) is 21.7 Å². The van der Waals surface area contributed by atoms with Crippen LogP contribution in [0.5, 0.6) is 11.6 Å². The summed E-state index contributed by atoms with van der Waals surface area (Å²) in [5, 5.41) is 0. The van der Waals surface area contributed by atoms with E-state index in [2.05, 4.69) is 38.8 Å². The van der Waals surface area contributed by atoms with Crippen LogP contribution in [0.1, 0.15) is 45.1 Å². The number of benzene rings is 4. The summed E-state index contributed by atoms with van der Waals surface area (Å²) in [6.45, 7) is 4.23. The van der Waals surface area contributed by atoms with Gasteiger partial charge in [0.15, 0.2) is 0 Å². The van der Waals surface area contributed by atoms with Crippen LogP contribution in [-0.2, 0) is 31.0 Å². The number of urea groups is 1. The molecule has 2 aliphatic heterocycles. The largest absolute Gasteiger partial charge is 0.482 e. The molecule has 0 bridgehead atoms. The monoisotopic (exact) mass is 729 g/mol. The van der Waals surface area contributed by atoms with Crippen molar-refractivity contribution in [2.24, 2.45) is 0 Å². The van der Waals surface area contributed by atoms with E-state index in [1.807, 2.05) is 97.1 Å². The Morgan fingerprint density at radius 3 is 1.98 bits per heavy atom. The van der Waals surface area contributed by atoms with Crippen molar-refractivity contribution in [3.8, 4) is 23.5 Å². The molecule has 1 aromatic heterocycles. The predicted octanol–water partition coefficient (Wildman–Crippen LogP) is 7.11. The predicted molar refractivity (Wildman–Crippen MR) is 200 cm³/mol. The Balaban J connectivity index is 1.06. The minimum absolute atomic E-state index is 0.0121. The summed E-state index contributed by atoms with van der Waals surface area (Å²) < 4.78 is 45.5. The van der Waals surface area contributed by atoms with Gasteiger partial charge in [-0.3, -0.25) is 4.90 Å². The highest BCUT2D eigenvalue weighted by Crippen LogP contribution is 2.35. The van der Waals surface area contributed by atoms with Crippen LogP contribution in [0.4, 0.5) is 13.6 Å². The number of carbonyl (C=O) groups is 1. The number of nitrogens with zero attached hydrogens (tertiary/aromatic N) is 5. The van der Waals surface area contributed by atoms with Crippen molar-refractivity contribution < 1.29 is 27.8 Å². The Bertz CT molecular complexity index is 2030. The first-order valence-corrected chi connectivity index (χ1v) is 18.0. The van der Waals surface area contributed by atoms with E-state index in [-0.39, 0.29) is 32.2 Å². The summed E-state index contributed by atoms with van der Waals surface area (Å²) in [4.78, 5) is 27.7. The van der Waals surface area contributed by atoms with Gasteiger partial charge in [-0.1, -0.05) is 96.8 Å². The molecule has 7 rings (SSSR count). The van der Waals surface area contributed by atoms with Crippen LogP contribution in [0.3, 0.4) is 0 Å². The molecule has 0 spiro atoms. The standard InChI is InChI=1S/C43H41F2N5O4/c44-40(45)28-50-39(37-19-17-33(18-20-37)12-11-32-13-15-34(16-14-32)25-48-21-23-52-24-22-48)27-49(43(50)51)26-38-41(53-29-35-7-3-1-4-8-35)42(47-31-46-38)54-30-36-9-5-2-6-10-36/h1-10,13-20,31,39-40H,21-30H2. The van der Waals surface area contributed by atoms with Crippen molar-refractivity contribution in [1.29, 1.82) is 0 Å². The normalized spacial score (nSPS) is 16.0. The molecule has 9 nitrogen and oxygen atoms in total. The third-order valence-electron chi connectivity index (χ3n) is 9.36. The van der Waals surface area contributed by atoms with Crippen LogP contribution in [0.2, 0.25) is 0 Å². The number of carbonyl (C=O) groups excluding carboxylic acids is 1. The lowest BCUT2D eigenvalue weighted by Crippen LogP contribution is -2.35. The zero-order valence-corrected chi connectivity index (χ0v) is 29.8. The van der Waals surface area contributed by atoms with Gasteiger partial charge in [0.25, 0.3) is 12.3 Å². The minimum Gasteiger partial charge on any atom is -0.482 e. The number of amides is 2. The van der Waals surface area contributed by atoms with E-state index in [1.54, 1.807) is 0 Å². The first-order valence-electron chi connectivity index (χ1n) is 18.0. The van der Waals surface area contributed by atoms with Crippen molar-refractivity contribution in [2.75, 3.05) is 39.4 Å². The molecule has 0 N–H and O–H groups in total. The van der Waals surface area contributed by atoms with Gasteiger partial charge in [-0.25, -0.2) is 18.6 Å². The molecule has 1 unspecified atom stereocenters. The fourth-order valence-electron chi connectivity index (χ4n) is 6.50. The fraction of sp³-hybridized carbons (Fsp3) is 0.279. The molecule has 2 aliphatic rings. The number of morpholine rings is 1. The van der Waals surface area contributed by atoms with E-state index >= 15 is 0 Å². The van der Waals surface area contributed by atoms with Gasteiger partial charge in [0.2, 0.25) is 5.75 Å². The third-order valence-corrected chi connectivity index (χ3v) is 9.36. The molecule has 4 aromatic carbocycles. The summed E-state index contributed by atoms with van der Waals surface area (Å²) in [6, 6.07) is 33.8. The Kier molecular flexibility index (Phi) is 12.0. The topological polar surface area (TPSA) is 80.3 Å². The second-order valence-corrected chi connectivity index (χ2v) is 13.2. The van der Waals surface area contributed by atoms with Gasteiger partial charge in [0.05, 0.1) is 32.3 Å². The van der Waals surface area contributed by atoms with Crippen LogP contribution in [0, 0.1) is 11.8 Å². The van der Waals surface area contributed by atoms with Crippen molar-refractivity contribution in [2.45, 2.75) is 38.8 Å². The Labute approximate surface area is 314 Å². The van der Waals surface area contributed by atoms with Crippen LogP contribution in [0.15, 0.2) is 116 Å². The van der Waals surface area contributed by atoms with E-state index in [9.17, 15) is 13.6 Å². The first kappa shape index (κ1) is 36.5. The molecule has 2 fully saturated rings. The van der Waals surface area contributed by atoms with E-state index in [0.717, 1.165) is 60.7 Å². The lowest BCUT2D eigenvalue weighted by atomic mass is 10.0. The number of halogens is 2. The average Bonchev–Trinajstić information content (AvgIpc) is 3.50. The van der Waals surface area contributed by atoms with Gasteiger partial charge in [-0.05, 0) is 46.5 Å². The van der Waals surface area contributed by atoms with E-state index < -0.39 is 25.0 Å². The van der Waals surface area contributed by atoms with Gasteiger partial charge in [0, 0.05) is 37.3 Å². The summed E-state index contributed by atoms with van der Waals surface area (Å²) in [5.74, 6) is 6.94. The molecular formula is C43H41F2N5O4. The summed E-state index contributed by atoms with van der Waals surface area (Å²) >= 11 is 0. The Morgan fingerprint density at radius 2 is 1.35 bits per heavy atom. The molecule has 3 heterocycles. The molecule has 2 amide bonds. The summed E-state index contributed by atoms with van der Waals surface area (Å²) in [6.07, 6.45) is -1.34. The number of hydrogen-bond acceptors (Lipinski definition) is 7. The summed E-state index contributed by atoms with van der Waals surface area (Å²) in [5.41, 5.74) is 5.92. The molecule has 276 valence electrons. The molecule has 1 atom stereocenters. The maximum absolute atomic E-state index is 13.9. The molecule has 2 saturated heterocycles. The zero-order valence-electron chi connectivity index (χ0n) is 29.8. The van der Waals surface area contributed by atoms with Gasteiger partial charge in [-0.15, -0.1) is 0 Å². The van der Waals surface area contributed by atoms with E-state index in [0.29, 0.717) is 11.4 Å². The van der Waals surface area contributed by atoms with Crippen LogP contribution >= 0.6 is 0 Å². The molecule has 54 heavy (non-hydrogen) atoms. The highest BCUT2D eigenvalue weighted by Gasteiger charge is 2.40. The second kappa shape index (κ2) is 17.8. The van der Waals surface area contributed by atoms with Crippen LogP contribution < -0.4 is 9.47 Å². The zero-order chi connectivity index (χ0) is 37.1. The van der Waals surface area contributed by atoms with Crippen LogP contribution in [0.25, 0.3) is 0 Å².